The SMILES string of the molecule is CCOc1ccccc1C(=O)OCC(=O)N(C)Cc1ccccc1F. The van der Waals surface area contributed by atoms with Crippen LogP contribution in [0.15, 0.2) is 48.5 Å². The number of ether oxygens (including phenoxy) is 2. The van der Waals surface area contributed by atoms with Crippen LogP contribution in [0, 0.1) is 5.82 Å². The molecule has 0 bridgehead atoms. The van der Waals surface area contributed by atoms with Crippen molar-refractivity contribution in [1.29, 1.82) is 0 Å². The number of likely N-dealkylation sites (N-methyl/N-ethyl adjacent to an activating group) is 1. The van der Waals surface area contributed by atoms with Gasteiger partial charge in [-0.2, -0.15) is 0 Å². The smallest absolute Gasteiger partial charge is 0.342 e. The summed E-state index contributed by atoms with van der Waals surface area (Å²) in [5.74, 6) is -1.05. The summed E-state index contributed by atoms with van der Waals surface area (Å²) in [6, 6.07) is 12.9. The fourth-order valence-electron chi connectivity index (χ4n) is 2.20. The predicted molar refractivity (Wildman–Crippen MR) is 90.8 cm³/mol. The third-order valence-corrected chi connectivity index (χ3v) is 3.52. The molecule has 0 fully saturated rings. The Kier molecular flexibility index (Phi) is 6.51. The molecular formula is C19H20FNO4. The first-order valence-electron chi connectivity index (χ1n) is 7.89. The van der Waals surface area contributed by atoms with Gasteiger partial charge in [-0.05, 0) is 25.1 Å². The Balaban J connectivity index is 1.93. The van der Waals surface area contributed by atoms with E-state index in [2.05, 4.69) is 0 Å². The van der Waals surface area contributed by atoms with Crippen LogP contribution < -0.4 is 4.74 Å². The number of benzene rings is 2. The fraction of sp³-hybridized carbons (Fsp3) is 0.263. The lowest BCUT2D eigenvalue weighted by Gasteiger charge is -2.18. The summed E-state index contributed by atoms with van der Waals surface area (Å²) in [6.45, 7) is 1.89. The van der Waals surface area contributed by atoms with Crippen molar-refractivity contribution in [3.05, 3.63) is 65.5 Å². The second kappa shape index (κ2) is 8.82. The second-order valence-electron chi connectivity index (χ2n) is 5.35. The summed E-state index contributed by atoms with van der Waals surface area (Å²) in [4.78, 5) is 25.6. The maximum atomic E-state index is 13.6. The van der Waals surface area contributed by atoms with E-state index in [9.17, 15) is 14.0 Å². The first-order chi connectivity index (χ1) is 12.0. The highest BCUT2D eigenvalue weighted by atomic mass is 19.1. The van der Waals surface area contributed by atoms with Crippen molar-refractivity contribution in [2.75, 3.05) is 20.3 Å². The quantitative estimate of drug-likeness (QED) is 0.724. The van der Waals surface area contributed by atoms with Gasteiger partial charge in [0.2, 0.25) is 0 Å². The van der Waals surface area contributed by atoms with Crippen LogP contribution in [0.25, 0.3) is 0 Å². The molecule has 5 nitrogen and oxygen atoms in total. The molecule has 0 heterocycles. The van der Waals surface area contributed by atoms with Gasteiger partial charge in [0.25, 0.3) is 5.91 Å². The number of hydrogen-bond acceptors (Lipinski definition) is 4. The molecule has 132 valence electrons. The highest BCUT2D eigenvalue weighted by Gasteiger charge is 2.17. The topological polar surface area (TPSA) is 55.8 Å². The summed E-state index contributed by atoms with van der Waals surface area (Å²) in [7, 11) is 1.52. The number of rotatable bonds is 7. The Morgan fingerprint density at radius 1 is 1.08 bits per heavy atom. The fourth-order valence-corrected chi connectivity index (χ4v) is 2.20. The lowest BCUT2D eigenvalue weighted by atomic mass is 10.2. The van der Waals surface area contributed by atoms with Crippen LogP contribution in [0.3, 0.4) is 0 Å². The molecule has 25 heavy (non-hydrogen) atoms. The first kappa shape index (κ1) is 18.4. The highest BCUT2D eigenvalue weighted by Crippen LogP contribution is 2.19. The van der Waals surface area contributed by atoms with Gasteiger partial charge in [0.1, 0.15) is 17.1 Å². The minimum atomic E-state index is -0.642. The summed E-state index contributed by atoms with van der Waals surface area (Å²) >= 11 is 0. The number of carbonyl (C=O) groups excluding carboxylic acids is 2. The zero-order chi connectivity index (χ0) is 18.2. The lowest BCUT2D eigenvalue weighted by Crippen LogP contribution is -2.31. The van der Waals surface area contributed by atoms with E-state index in [1.165, 1.54) is 18.0 Å². The van der Waals surface area contributed by atoms with E-state index in [1.807, 2.05) is 6.92 Å². The Bertz CT molecular complexity index is 748. The summed E-state index contributed by atoms with van der Waals surface area (Å²) in [6.07, 6.45) is 0. The molecule has 2 aromatic carbocycles. The van der Waals surface area contributed by atoms with Gasteiger partial charge in [-0.1, -0.05) is 30.3 Å². The number of halogens is 1. The molecule has 1 amide bonds. The van der Waals surface area contributed by atoms with Gasteiger partial charge < -0.3 is 14.4 Å². The molecule has 0 aliphatic rings. The highest BCUT2D eigenvalue weighted by molar-refractivity contribution is 5.93. The van der Waals surface area contributed by atoms with Crippen molar-refractivity contribution in [2.24, 2.45) is 0 Å². The van der Waals surface area contributed by atoms with Crippen LogP contribution in [-0.2, 0) is 16.1 Å². The Morgan fingerprint density at radius 3 is 2.48 bits per heavy atom. The third-order valence-electron chi connectivity index (χ3n) is 3.52. The van der Waals surface area contributed by atoms with E-state index in [1.54, 1.807) is 42.5 Å². The lowest BCUT2D eigenvalue weighted by molar-refractivity contribution is -0.133. The van der Waals surface area contributed by atoms with Crippen LogP contribution in [0.5, 0.6) is 5.75 Å². The van der Waals surface area contributed by atoms with E-state index >= 15 is 0 Å². The van der Waals surface area contributed by atoms with Crippen LogP contribution >= 0.6 is 0 Å². The largest absolute Gasteiger partial charge is 0.493 e. The number of hydrogen-bond donors (Lipinski definition) is 0. The second-order valence-corrected chi connectivity index (χ2v) is 5.35. The van der Waals surface area contributed by atoms with E-state index in [-0.39, 0.29) is 17.9 Å². The molecule has 0 saturated carbocycles. The van der Waals surface area contributed by atoms with Crippen molar-refractivity contribution >= 4 is 11.9 Å². The van der Waals surface area contributed by atoms with Crippen molar-refractivity contribution in [3.63, 3.8) is 0 Å². The monoisotopic (exact) mass is 345 g/mol. The number of nitrogens with zero attached hydrogens (tertiary/aromatic N) is 1. The average molecular weight is 345 g/mol. The summed E-state index contributed by atoms with van der Waals surface area (Å²) in [5.41, 5.74) is 0.653. The van der Waals surface area contributed by atoms with Crippen LogP contribution in [0.4, 0.5) is 4.39 Å². The average Bonchev–Trinajstić information content (AvgIpc) is 2.62. The minimum Gasteiger partial charge on any atom is -0.493 e. The molecule has 6 heteroatoms. The van der Waals surface area contributed by atoms with E-state index in [4.69, 9.17) is 9.47 Å². The molecule has 0 aromatic heterocycles. The standard InChI is InChI=1S/C19H20FNO4/c1-3-24-17-11-7-5-9-15(17)19(23)25-13-18(22)21(2)12-14-8-4-6-10-16(14)20/h4-11H,3,12-13H2,1-2H3. The zero-order valence-corrected chi connectivity index (χ0v) is 14.2. The molecule has 0 aliphatic heterocycles. The number of esters is 1. The van der Waals surface area contributed by atoms with Crippen molar-refractivity contribution in [2.45, 2.75) is 13.5 Å². The van der Waals surface area contributed by atoms with Crippen molar-refractivity contribution in [1.82, 2.24) is 4.90 Å². The third kappa shape index (κ3) is 5.04. The number of carbonyl (C=O) groups is 2. The summed E-state index contributed by atoms with van der Waals surface area (Å²) in [5, 5.41) is 0. The van der Waals surface area contributed by atoms with Crippen LogP contribution in [0.1, 0.15) is 22.8 Å². The molecule has 0 radical (unpaired) electrons. The van der Waals surface area contributed by atoms with Crippen LogP contribution in [-0.4, -0.2) is 37.0 Å². The van der Waals surface area contributed by atoms with Gasteiger partial charge >= 0.3 is 5.97 Å². The van der Waals surface area contributed by atoms with E-state index < -0.39 is 18.5 Å². The Labute approximate surface area is 146 Å². The number of para-hydroxylation sites is 1. The van der Waals surface area contributed by atoms with Gasteiger partial charge in [-0.25, -0.2) is 9.18 Å². The van der Waals surface area contributed by atoms with Crippen molar-refractivity contribution in [3.8, 4) is 5.75 Å². The molecular weight excluding hydrogens is 325 g/mol. The van der Waals surface area contributed by atoms with Gasteiger partial charge in [0.15, 0.2) is 6.61 Å². The van der Waals surface area contributed by atoms with Crippen LogP contribution in [0.2, 0.25) is 0 Å². The van der Waals surface area contributed by atoms with E-state index in [0.717, 1.165) is 0 Å². The Morgan fingerprint density at radius 2 is 1.76 bits per heavy atom. The molecule has 2 rings (SSSR count). The van der Waals surface area contributed by atoms with E-state index in [0.29, 0.717) is 17.9 Å². The predicted octanol–water partition coefficient (Wildman–Crippen LogP) is 3.04. The Hall–Kier alpha value is -2.89. The molecule has 0 spiro atoms. The maximum absolute atomic E-state index is 13.6. The molecule has 2 aromatic rings. The molecule has 0 aliphatic carbocycles. The zero-order valence-electron chi connectivity index (χ0n) is 14.2. The number of amides is 1. The summed E-state index contributed by atoms with van der Waals surface area (Å²) < 4.78 is 24.1. The maximum Gasteiger partial charge on any atom is 0.342 e. The molecule has 0 N–H and O–H groups in total. The molecule has 0 unspecified atom stereocenters. The molecule has 0 atom stereocenters. The normalized spacial score (nSPS) is 10.2. The van der Waals surface area contributed by atoms with Crippen molar-refractivity contribution < 1.29 is 23.5 Å². The molecule has 0 saturated heterocycles. The van der Waals surface area contributed by atoms with Gasteiger partial charge in [-0.15, -0.1) is 0 Å². The van der Waals surface area contributed by atoms with Gasteiger partial charge in [-0.3, -0.25) is 4.79 Å². The minimum absolute atomic E-state index is 0.0958. The first-order valence-corrected chi connectivity index (χ1v) is 7.89. The van der Waals surface area contributed by atoms with Gasteiger partial charge in [0.05, 0.1) is 6.61 Å². The van der Waals surface area contributed by atoms with Gasteiger partial charge in [0, 0.05) is 19.2 Å².